The van der Waals surface area contributed by atoms with E-state index >= 15 is 0 Å². The van der Waals surface area contributed by atoms with Crippen LogP contribution in [0.1, 0.15) is 29.8 Å². The van der Waals surface area contributed by atoms with Crippen LogP contribution in [0, 0.1) is 6.92 Å². The van der Waals surface area contributed by atoms with Crippen LogP contribution in [0.3, 0.4) is 0 Å². The number of morpholine rings is 1. The van der Waals surface area contributed by atoms with Gasteiger partial charge in [-0.05, 0) is 20.8 Å². The maximum Gasteiger partial charge on any atom is 0.179 e. The summed E-state index contributed by atoms with van der Waals surface area (Å²) in [4.78, 5) is 14.6. The summed E-state index contributed by atoms with van der Waals surface area (Å²) in [6.45, 7) is 8.39. The molecule has 1 aromatic carbocycles. The number of carbonyl (C=O) groups excluding carboxylic acids is 1. The van der Waals surface area contributed by atoms with Crippen LogP contribution in [0.2, 0.25) is 0 Å². The van der Waals surface area contributed by atoms with E-state index in [1.54, 1.807) is 0 Å². The zero-order valence-corrected chi connectivity index (χ0v) is 11.3. The van der Waals surface area contributed by atoms with Crippen molar-refractivity contribution in [1.82, 2.24) is 4.90 Å². The predicted molar refractivity (Wildman–Crippen MR) is 72.0 cm³/mol. The number of Topliss-reactive ketones (excluding diaryl/α,β-unsaturated/α-hetero) is 1. The van der Waals surface area contributed by atoms with Gasteiger partial charge >= 0.3 is 0 Å². The molecule has 98 valence electrons. The van der Waals surface area contributed by atoms with Crippen LogP contribution in [0.4, 0.5) is 0 Å². The van der Waals surface area contributed by atoms with Crippen molar-refractivity contribution >= 4 is 5.78 Å². The maximum atomic E-state index is 12.4. The number of benzene rings is 1. The monoisotopic (exact) mass is 247 g/mol. The standard InChI is InChI=1S/C15H21NO2/c1-11-4-6-14(7-5-11)15(17)13(3)16-8-9-18-10-12(16)2/h4-7,12-13H,8-10H2,1-3H3. The molecule has 1 heterocycles. The molecule has 0 saturated carbocycles. The minimum atomic E-state index is -0.0772. The van der Waals surface area contributed by atoms with Gasteiger partial charge in [-0.1, -0.05) is 29.8 Å². The average Bonchev–Trinajstić information content (AvgIpc) is 2.38. The Balaban J connectivity index is 2.10. The fourth-order valence-electron chi connectivity index (χ4n) is 2.42. The first-order chi connectivity index (χ1) is 8.59. The van der Waals surface area contributed by atoms with Crippen LogP contribution < -0.4 is 0 Å². The second kappa shape index (κ2) is 5.63. The molecule has 2 unspecified atom stereocenters. The van der Waals surface area contributed by atoms with Gasteiger partial charge in [0.25, 0.3) is 0 Å². The summed E-state index contributed by atoms with van der Waals surface area (Å²) in [5.74, 6) is 0.198. The molecule has 1 fully saturated rings. The van der Waals surface area contributed by atoms with Crippen LogP contribution >= 0.6 is 0 Å². The van der Waals surface area contributed by atoms with Crippen LogP contribution in [-0.2, 0) is 4.74 Å². The predicted octanol–water partition coefficient (Wildman–Crippen LogP) is 2.29. The zero-order chi connectivity index (χ0) is 13.1. The van der Waals surface area contributed by atoms with Crippen LogP contribution in [0.25, 0.3) is 0 Å². The highest BCUT2D eigenvalue weighted by molar-refractivity contribution is 5.99. The van der Waals surface area contributed by atoms with Gasteiger partial charge in [0.05, 0.1) is 19.3 Å². The van der Waals surface area contributed by atoms with E-state index in [-0.39, 0.29) is 11.8 Å². The molecule has 18 heavy (non-hydrogen) atoms. The molecule has 1 aromatic rings. The third kappa shape index (κ3) is 2.79. The molecule has 3 heteroatoms. The second-order valence-corrected chi connectivity index (χ2v) is 5.07. The highest BCUT2D eigenvalue weighted by atomic mass is 16.5. The van der Waals surface area contributed by atoms with Gasteiger partial charge in [0.15, 0.2) is 5.78 Å². The van der Waals surface area contributed by atoms with Crippen molar-refractivity contribution in [2.45, 2.75) is 32.9 Å². The summed E-state index contributed by atoms with van der Waals surface area (Å²) in [5.41, 5.74) is 1.98. The normalized spacial score (nSPS) is 22.7. The third-order valence-electron chi connectivity index (χ3n) is 3.63. The van der Waals surface area contributed by atoms with Gasteiger partial charge in [-0.25, -0.2) is 0 Å². The highest BCUT2D eigenvalue weighted by Gasteiger charge is 2.28. The lowest BCUT2D eigenvalue weighted by atomic mass is 10.0. The van der Waals surface area contributed by atoms with E-state index in [4.69, 9.17) is 4.74 Å². The highest BCUT2D eigenvalue weighted by Crippen LogP contribution is 2.15. The van der Waals surface area contributed by atoms with E-state index in [2.05, 4.69) is 11.8 Å². The van der Waals surface area contributed by atoms with Gasteiger partial charge in [0.2, 0.25) is 0 Å². The van der Waals surface area contributed by atoms with E-state index in [0.717, 1.165) is 18.7 Å². The minimum absolute atomic E-state index is 0.0772. The Hall–Kier alpha value is -1.19. The summed E-state index contributed by atoms with van der Waals surface area (Å²) in [6, 6.07) is 8.04. The largest absolute Gasteiger partial charge is 0.379 e. The van der Waals surface area contributed by atoms with E-state index in [9.17, 15) is 4.79 Å². The molecular formula is C15H21NO2. The Morgan fingerprint density at radius 1 is 1.39 bits per heavy atom. The molecule has 3 nitrogen and oxygen atoms in total. The smallest absolute Gasteiger partial charge is 0.179 e. The molecule has 1 aliphatic rings. The molecule has 0 bridgehead atoms. The Labute approximate surface area is 109 Å². The average molecular weight is 247 g/mol. The molecule has 0 N–H and O–H groups in total. The van der Waals surface area contributed by atoms with Gasteiger partial charge < -0.3 is 4.74 Å². The SMILES string of the molecule is Cc1ccc(C(=O)C(C)N2CCOCC2C)cc1. The summed E-state index contributed by atoms with van der Waals surface area (Å²) < 4.78 is 5.41. The number of hydrogen-bond acceptors (Lipinski definition) is 3. The summed E-state index contributed by atoms with van der Waals surface area (Å²) in [6.07, 6.45) is 0. The molecule has 1 aliphatic heterocycles. The quantitative estimate of drug-likeness (QED) is 0.767. The van der Waals surface area contributed by atoms with Crippen molar-refractivity contribution in [3.8, 4) is 0 Å². The van der Waals surface area contributed by atoms with E-state index < -0.39 is 0 Å². The van der Waals surface area contributed by atoms with Gasteiger partial charge in [-0.15, -0.1) is 0 Å². The Morgan fingerprint density at radius 2 is 2.06 bits per heavy atom. The number of hydrogen-bond donors (Lipinski definition) is 0. The third-order valence-corrected chi connectivity index (χ3v) is 3.63. The van der Waals surface area contributed by atoms with Crippen LogP contribution in [0.5, 0.6) is 0 Å². The maximum absolute atomic E-state index is 12.4. The van der Waals surface area contributed by atoms with Crippen molar-refractivity contribution in [3.05, 3.63) is 35.4 Å². The number of ether oxygens (including phenoxy) is 1. The van der Waals surface area contributed by atoms with E-state index in [1.807, 2.05) is 38.1 Å². The van der Waals surface area contributed by atoms with E-state index in [1.165, 1.54) is 5.56 Å². The molecule has 0 aliphatic carbocycles. The number of aryl methyl sites for hydroxylation is 1. The molecule has 0 radical (unpaired) electrons. The summed E-state index contributed by atoms with van der Waals surface area (Å²) >= 11 is 0. The topological polar surface area (TPSA) is 29.5 Å². The number of nitrogens with zero attached hydrogens (tertiary/aromatic N) is 1. The molecule has 0 spiro atoms. The fourth-order valence-corrected chi connectivity index (χ4v) is 2.42. The van der Waals surface area contributed by atoms with Gasteiger partial charge in [-0.3, -0.25) is 9.69 Å². The summed E-state index contributed by atoms with van der Waals surface area (Å²) in [5, 5.41) is 0. The molecule has 0 amide bonds. The molecule has 1 saturated heterocycles. The van der Waals surface area contributed by atoms with Crippen molar-refractivity contribution in [3.63, 3.8) is 0 Å². The number of carbonyl (C=O) groups is 1. The van der Waals surface area contributed by atoms with Crippen molar-refractivity contribution in [2.24, 2.45) is 0 Å². The fraction of sp³-hybridized carbons (Fsp3) is 0.533. The van der Waals surface area contributed by atoms with Crippen LogP contribution in [-0.4, -0.2) is 42.5 Å². The lowest BCUT2D eigenvalue weighted by Crippen LogP contribution is -2.51. The second-order valence-electron chi connectivity index (χ2n) is 5.07. The number of ketones is 1. The first-order valence-electron chi connectivity index (χ1n) is 6.54. The zero-order valence-electron chi connectivity index (χ0n) is 11.3. The van der Waals surface area contributed by atoms with Crippen molar-refractivity contribution < 1.29 is 9.53 Å². The first-order valence-corrected chi connectivity index (χ1v) is 6.54. The lowest BCUT2D eigenvalue weighted by Gasteiger charge is -2.37. The van der Waals surface area contributed by atoms with Crippen molar-refractivity contribution in [1.29, 1.82) is 0 Å². The summed E-state index contributed by atoms with van der Waals surface area (Å²) in [7, 11) is 0. The van der Waals surface area contributed by atoms with Crippen LogP contribution in [0.15, 0.2) is 24.3 Å². The Morgan fingerprint density at radius 3 is 2.67 bits per heavy atom. The molecule has 2 rings (SSSR count). The van der Waals surface area contributed by atoms with Gasteiger partial charge in [0.1, 0.15) is 0 Å². The minimum Gasteiger partial charge on any atom is -0.379 e. The van der Waals surface area contributed by atoms with Gasteiger partial charge in [-0.2, -0.15) is 0 Å². The van der Waals surface area contributed by atoms with E-state index in [0.29, 0.717) is 12.6 Å². The molecular weight excluding hydrogens is 226 g/mol. The number of rotatable bonds is 3. The molecule has 0 aromatic heterocycles. The molecule has 2 atom stereocenters. The van der Waals surface area contributed by atoms with Gasteiger partial charge in [0, 0.05) is 18.2 Å². The Kier molecular flexibility index (Phi) is 4.15. The lowest BCUT2D eigenvalue weighted by molar-refractivity contribution is -0.0143. The first kappa shape index (κ1) is 13.2. The Bertz CT molecular complexity index is 413. The van der Waals surface area contributed by atoms with Crippen molar-refractivity contribution in [2.75, 3.05) is 19.8 Å².